The van der Waals surface area contributed by atoms with Gasteiger partial charge in [0.05, 0.1) is 12.2 Å². The minimum absolute atomic E-state index is 0.369. The third kappa shape index (κ3) is 2.01. The summed E-state index contributed by atoms with van der Waals surface area (Å²) in [7, 11) is 3.05. The molecule has 0 aromatic carbocycles. The van der Waals surface area contributed by atoms with Gasteiger partial charge in [-0.3, -0.25) is 0 Å². The molecule has 0 saturated heterocycles. The van der Waals surface area contributed by atoms with Crippen LogP contribution in [0.5, 0.6) is 0 Å². The lowest BCUT2D eigenvalue weighted by atomic mass is 9.92. The SMILES string of the molecule is C/C=C1/C2=C(C(=O)OCC2)[C@H](OC)O[C@@H]1OC. The first-order valence-electron chi connectivity index (χ1n) is 5.50. The highest BCUT2D eigenvalue weighted by atomic mass is 16.8. The van der Waals surface area contributed by atoms with Crippen molar-refractivity contribution in [1.29, 1.82) is 0 Å². The Morgan fingerprint density at radius 2 is 2.00 bits per heavy atom. The lowest BCUT2D eigenvalue weighted by molar-refractivity contribution is -0.208. The summed E-state index contributed by atoms with van der Waals surface area (Å²) < 4.78 is 21.0. The molecule has 0 unspecified atom stereocenters. The number of cyclic esters (lactones) is 1. The molecule has 0 fully saturated rings. The molecule has 0 bridgehead atoms. The van der Waals surface area contributed by atoms with E-state index < -0.39 is 12.6 Å². The van der Waals surface area contributed by atoms with E-state index in [1.807, 2.05) is 13.0 Å². The van der Waals surface area contributed by atoms with Crippen LogP contribution in [0.2, 0.25) is 0 Å². The maximum Gasteiger partial charge on any atom is 0.339 e. The predicted molar refractivity (Wildman–Crippen MR) is 59.0 cm³/mol. The predicted octanol–water partition coefficient (Wildman–Crippen LogP) is 1.15. The molecule has 17 heavy (non-hydrogen) atoms. The molecule has 5 heteroatoms. The fraction of sp³-hybridized carbons (Fsp3) is 0.583. The van der Waals surface area contributed by atoms with Crippen LogP contribution in [0.4, 0.5) is 0 Å². The van der Waals surface area contributed by atoms with Gasteiger partial charge in [-0.25, -0.2) is 4.79 Å². The van der Waals surface area contributed by atoms with Crippen molar-refractivity contribution < 1.29 is 23.7 Å². The van der Waals surface area contributed by atoms with Crippen LogP contribution < -0.4 is 0 Å². The molecule has 0 N–H and O–H groups in total. The van der Waals surface area contributed by atoms with Gasteiger partial charge in [0.2, 0.25) is 0 Å². The summed E-state index contributed by atoms with van der Waals surface area (Å²) in [6, 6.07) is 0. The second-order valence-electron chi connectivity index (χ2n) is 3.79. The topological polar surface area (TPSA) is 54.0 Å². The Hall–Kier alpha value is -1.17. The first-order chi connectivity index (χ1) is 8.22. The lowest BCUT2D eigenvalue weighted by Crippen LogP contribution is -2.40. The minimum atomic E-state index is -0.716. The van der Waals surface area contributed by atoms with Gasteiger partial charge < -0.3 is 18.9 Å². The van der Waals surface area contributed by atoms with E-state index >= 15 is 0 Å². The Kier molecular flexibility index (Phi) is 3.61. The summed E-state index contributed by atoms with van der Waals surface area (Å²) in [6.07, 6.45) is 1.36. The van der Waals surface area contributed by atoms with Crippen LogP contribution in [-0.4, -0.2) is 39.4 Å². The fourth-order valence-electron chi connectivity index (χ4n) is 2.18. The summed E-state index contributed by atoms with van der Waals surface area (Å²) in [5.74, 6) is -0.369. The number of esters is 1. The largest absolute Gasteiger partial charge is 0.462 e. The molecule has 2 aliphatic rings. The first-order valence-corrected chi connectivity index (χ1v) is 5.50. The van der Waals surface area contributed by atoms with Gasteiger partial charge in [-0.05, 0) is 12.5 Å². The number of hydrogen-bond acceptors (Lipinski definition) is 5. The van der Waals surface area contributed by atoms with E-state index in [2.05, 4.69) is 0 Å². The van der Waals surface area contributed by atoms with Gasteiger partial charge in [-0.1, -0.05) is 6.08 Å². The molecule has 2 aliphatic heterocycles. The molecule has 0 aromatic rings. The van der Waals surface area contributed by atoms with E-state index in [1.54, 1.807) is 7.11 Å². The zero-order valence-corrected chi connectivity index (χ0v) is 10.2. The van der Waals surface area contributed by atoms with Crippen molar-refractivity contribution in [2.24, 2.45) is 0 Å². The molecular weight excluding hydrogens is 224 g/mol. The molecule has 2 atom stereocenters. The lowest BCUT2D eigenvalue weighted by Gasteiger charge is -2.35. The average molecular weight is 240 g/mol. The Labute approximate surface area is 100.0 Å². The highest BCUT2D eigenvalue weighted by Gasteiger charge is 2.39. The molecule has 2 rings (SSSR count). The molecule has 0 radical (unpaired) electrons. The van der Waals surface area contributed by atoms with Gasteiger partial charge in [-0.15, -0.1) is 0 Å². The normalized spacial score (nSPS) is 31.5. The summed E-state index contributed by atoms with van der Waals surface area (Å²) in [5, 5.41) is 0. The van der Waals surface area contributed by atoms with Crippen molar-refractivity contribution in [2.45, 2.75) is 25.9 Å². The van der Waals surface area contributed by atoms with Crippen LogP contribution in [0.1, 0.15) is 13.3 Å². The third-order valence-electron chi connectivity index (χ3n) is 2.95. The number of ether oxygens (including phenoxy) is 4. The van der Waals surface area contributed by atoms with E-state index in [-0.39, 0.29) is 5.97 Å². The van der Waals surface area contributed by atoms with Crippen molar-refractivity contribution in [3.8, 4) is 0 Å². The van der Waals surface area contributed by atoms with E-state index in [0.29, 0.717) is 18.6 Å². The number of rotatable bonds is 2. The quantitative estimate of drug-likeness (QED) is 0.678. The zero-order chi connectivity index (χ0) is 12.4. The number of methoxy groups -OCH3 is 2. The molecule has 2 heterocycles. The summed E-state index contributed by atoms with van der Waals surface area (Å²) in [5.41, 5.74) is 2.27. The van der Waals surface area contributed by atoms with E-state index in [0.717, 1.165) is 11.1 Å². The van der Waals surface area contributed by atoms with Crippen LogP contribution in [0, 0.1) is 0 Å². The van der Waals surface area contributed by atoms with Crippen LogP contribution in [0.25, 0.3) is 0 Å². The third-order valence-corrected chi connectivity index (χ3v) is 2.95. The Balaban J connectivity index is 2.48. The van der Waals surface area contributed by atoms with Crippen LogP contribution in [0.15, 0.2) is 22.8 Å². The second kappa shape index (κ2) is 5.00. The van der Waals surface area contributed by atoms with Crippen molar-refractivity contribution in [2.75, 3.05) is 20.8 Å². The Morgan fingerprint density at radius 1 is 1.29 bits per heavy atom. The molecule has 0 aliphatic carbocycles. The molecule has 0 amide bonds. The molecule has 0 saturated carbocycles. The van der Waals surface area contributed by atoms with Gasteiger partial charge in [-0.2, -0.15) is 0 Å². The van der Waals surface area contributed by atoms with Gasteiger partial charge in [0, 0.05) is 26.2 Å². The monoisotopic (exact) mass is 240 g/mol. The van der Waals surface area contributed by atoms with Crippen LogP contribution in [-0.2, 0) is 23.7 Å². The zero-order valence-electron chi connectivity index (χ0n) is 10.2. The van der Waals surface area contributed by atoms with Crippen molar-refractivity contribution in [3.05, 3.63) is 22.8 Å². The number of carbonyl (C=O) groups is 1. The van der Waals surface area contributed by atoms with E-state index in [9.17, 15) is 4.79 Å². The van der Waals surface area contributed by atoms with Gasteiger partial charge >= 0.3 is 5.97 Å². The van der Waals surface area contributed by atoms with Gasteiger partial charge in [0.25, 0.3) is 0 Å². The summed E-state index contributed by atoms with van der Waals surface area (Å²) in [4.78, 5) is 11.7. The Morgan fingerprint density at radius 3 is 2.59 bits per heavy atom. The van der Waals surface area contributed by atoms with Gasteiger partial charge in [0.15, 0.2) is 12.6 Å². The van der Waals surface area contributed by atoms with Crippen LogP contribution >= 0.6 is 0 Å². The van der Waals surface area contributed by atoms with E-state index in [4.69, 9.17) is 18.9 Å². The molecule has 5 nitrogen and oxygen atoms in total. The Bertz CT molecular complexity index is 382. The molecule has 94 valence electrons. The van der Waals surface area contributed by atoms with Crippen LogP contribution in [0.3, 0.4) is 0 Å². The van der Waals surface area contributed by atoms with Gasteiger partial charge in [0.1, 0.15) is 0 Å². The van der Waals surface area contributed by atoms with Crippen molar-refractivity contribution >= 4 is 5.97 Å². The molecule has 0 spiro atoms. The van der Waals surface area contributed by atoms with Crippen molar-refractivity contribution in [1.82, 2.24) is 0 Å². The fourth-order valence-corrected chi connectivity index (χ4v) is 2.18. The van der Waals surface area contributed by atoms with Crippen molar-refractivity contribution in [3.63, 3.8) is 0 Å². The minimum Gasteiger partial charge on any atom is -0.462 e. The molecule has 0 aromatic heterocycles. The maximum absolute atomic E-state index is 11.7. The average Bonchev–Trinajstić information content (AvgIpc) is 2.36. The number of hydrogen-bond donors (Lipinski definition) is 0. The number of allylic oxidation sites excluding steroid dienone is 1. The highest BCUT2D eigenvalue weighted by molar-refractivity contribution is 5.92. The second-order valence-corrected chi connectivity index (χ2v) is 3.79. The summed E-state index contributed by atoms with van der Waals surface area (Å²) in [6.45, 7) is 2.28. The number of carbonyl (C=O) groups excluding carboxylic acids is 1. The maximum atomic E-state index is 11.7. The standard InChI is InChI=1S/C12H16O5/c1-4-7-8-5-6-16-10(13)9(8)12(15-3)17-11(7)14-2/h4,11-12H,5-6H2,1-3H3/b7-4-/t11-,12+/m0/s1. The van der Waals surface area contributed by atoms with E-state index in [1.165, 1.54) is 7.11 Å². The smallest absolute Gasteiger partial charge is 0.339 e. The molecular formula is C12H16O5. The summed E-state index contributed by atoms with van der Waals surface area (Å²) >= 11 is 0. The highest BCUT2D eigenvalue weighted by Crippen LogP contribution is 2.36. The first kappa shape index (κ1) is 12.3.